The molecule has 0 atom stereocenters. The largest absolute Gasteiger partial charge is 0.507 e. The molecule has 1 aliphatic carbocycles. The first-order valence-electron chi connectivity index (χ1n) is 6.18. The van der Waals surface area contributed by atoms with Crippen molar-refractivity contribution in [2.24, 2.45) is 0 Å². The van der Waals surface area contributed by atoms with Crippen molar-refractivity contribution in [3.05, 3.63) is 29.3 Å². The summed E-state index contributed by atoms with van der Waals surface area (Å²) in [6, 6.07) is 5.14. The van der Waals surface area contributed by atoms with Gasteiger partial charge in [-0.3, -0.25) is 4.79 Å². The van der Waals surface area contributed by atoms with Gasteiger partial charge in [-0.05, 0) is 50.3 Å². The predicted octanol–water partition coefficient (Wildman–Crippen LogP) is 2.76. The van der Waals surface area contributed by atoms with E-state index < -0.39 is 0 Å². The normalized spacial score (nSPS) is 17.3. The van der Waals surface area contributed by atoms with Crippen LogP contribution in [0.15, 0.2) is 18.2 Å². The first-order chi connectivity index (χ1) is 8.06. The maximum Gasteiger partial charge on any atom is 0.255 e. The summed E-state index contributed by atoms with van der Waals surface area (Å²) in [5.74, 6) is -0.0999. The van der Waals surface area contributed by atoms with E-state index in [4.69, 9.17) is 0 Å². The Kier molecular flexibility index (Phi) is 3.09. The molecule has 0 aliphatic heterocycles. The maximum absolute atomic E-state index is 12.1. The first-order valence-corrected chi connectivity index (χ1v) is 6.18. The fourth-order valence-corrected chi connectivity index (χ4v) is 2.31. The molecule has 1 aromatic carbocycles. The van der Waals surface area contributed by atoms with Crippen molar-refractivity contribution in [1.82, 2.24) is 5.32 Å². The summed E-state index contributed by atoms with van der Waals surface area (Å²) < 4.78 is 0. The van der Waals surface area contributed by atoms with Crippen LogP contribution in [0.3, 0.4) is 0 Å². The summed E-state index contributed by atoms with van der Waals surface area (Å²) >= 11 is 0. The number of amides is 1. The van der Waals surface area contributed by atoms with Crippen molar-refractivity contribution in [3.63, 3.8) is 0 Å². The smallest absolute Gasteiger partial charge is 0.255 e. The Morgan fingerprint density at radius 1 is 1.47 bits per heavy atom. The average Bonchev–Trinajstić information content (AvgIpc) is 2.23. The van der Waals surface area contributed by atoms with Gasteiger partial charge in [0.05, 0.1) is 5.56 Å². The van der Waals surface area contributed by atoms with Gasteiger partial charge in [0, 0.05) is 5.54 Å². The molecule has 1 aromatic rings. The molecule has 0 spiro atoms. The highest BCUT2D eigenvalue weighted by atomic mass is 16.3. The Morgan fingerprint density at radius 2 is 2.18 bits per heavy atom. The van der Waals surface area contributed by atoms with Crippen LogP contribution < -0.4 is 5.32 Å². The standard InChI is InChI=1S/C14H19NO2/c1-3-14(7-4-8-14)15-13(17)11-6-5-10(2)9-12(11)16/h5-6,9,16H,3-4,7-8H2,1-2H3,(H,15,17). The van der Waals surface area contributed by atoms with E-state index in [1.54, 1.807) is 12.1 Å². The zero-order chi connectivity index (χ0) is 12.5. The topological polar surface area (TPSA) is 49.3 Å². The minimum absolute atomic E-state index is 0.0333. The number of aromatic hydroxyl groups is 1. The van der Waals surface area contributed by atoms with Crippen LogP contribution >= 0.6 is 0 Å². The molecule has 17 heavy (non-hydrogen) atoms. The summed E-state index contributed by atoms with van der Waals surface area (Å²) in [6.45, 7) is 3.98. The Balaban J connectivity index is 2.14. The second-order valence-electron chi connectivity index (χ2n) is 4.96. The Labute approximate surface area is 102 Å². The third-order valence-electron chi connectivity index (χ3n) is 3.76. The molecule has 92 valence electrons. The number of hydrogen-bond acceptors (Lipinski definition) is 2. The number of carbonyl (C=O) groups is 1. The number of benzene rings is 1. The van der Waals surface area contributed by atoms with Crippen molar-refractivity contribution < 1.29 is 9.90 Å². The van der Waals surface area contributed by atoms with E-state index in [2.05, 4.69) is 12.2 Å². The summed E-state index contributed by atoms with van der Waals surface area (Å²) in [5, 5.41) is 12.8. The van der Waals surface area contributed by atoms with Crippen molar-refractivity contribution >= 4 is 5.91 Å². The number of nitrogens with one attached hydrogen (secondary N) is 1. The highest BCUT2D eigenvalue weighted by molar-refractivity contribution is 5.97. The number of rotatable bonds is 3. The molecule has 0 unspecified atom stereocenters. The molecular formula is C14H19NO2. The second kappa shape index (κ2) is 4.40. The molecule has 3 nitrogen and oxygen atoms in total. The van der Waals surface area contributed by atoms with E-state index in [0.717, 1.165) is 24.8 Å². The van der Waals surface area contributed by atoms with Crippen LogP contribution in [0.4, 0.5) is 0 Å². The molecule has 0 heterocycles. The minimum atomic E-state index is -0.163. The van der Waals surface area contributed by atoms with Gasteiger partial charge in [0.15, 0.2) is 0 Å². The van der Waals surface area contributed by atoms with Gasteiger partial charge in [-0.25, -0.2) is 0 Å². The molecule has 3 heteroatoms. The van der Waals surface area contributed by atoms with Crippen molar-refractivity contribution in [3.8, 4) is 5.75 Å². The molecule has 1 aliphatic rings. The SMILES string of the molecule is CCC1(NC(=O)c2ccc(C)cc2O)CCC1. The highest BCUT2D eigenvalue weighted by Crippen LogP contribution is 2.35. The zero-order valence-corrected chi connectivity index (χ0v) is 10.4. The van der Waals surface area contributed by atoms with E-state index in [1.807, 2.05) is 13.0 Å². The first kappa shape index (κ1) is 12.0. The monoisotopic (exact) mass is 233 g/mol. The van der Waals surface area contributed by atoms with E-state index in [9.17, 15) is 9.90 Å². The van der Waals surface area contributed by atoms with Crippen molar-refractivity contribution in [1.29, 1.82) is 0 Å². The van der Waals surface area contributed by atoms with Gasteiger partial charge >= 0.3 is 0 Å². The van der Waals surface area contributed by atoms with Gasteiger partial charge in [0.2, 0.25) is 0 Å². The van der Waals surface area contributed by atoms with Crippen LogP contribution in [0.2, 0.25) is 0 Å². The van der Waals surface area contributed by atoms with Crippen LogP contribution in [0.25, 0.3) is 0 Å². The molecule has 1 amide bonds. The summed E-state index contributed by atoms with van der Waals surface area (Å²) in [7, 11) is 0. The van der Waals surface area contributed by atoms with Gasteiger partial charge in [0.1, 0.15) is 5.75 Å². The molecule has 1 saturated carbocycles. The molecular weight excluding hydrogens is 214 g/mol. The number of aryl methyl sites for hydroxylation is 1. The molecule has 0 radical (unpaired) electrons. The summed E-state index contributed by atoms with van der Waals surface area (Å²) in [6.07, 6.45) is 4.21. The van der Waals surface area contributed by atoms with Crippen LogP contribution in [0.5, 0.6) is 5.75 Å². The molecule has 2 rings (SSSR count). The lowest BCUT2D eigenvalue weighted by atomic mass is 9.74. The van der Waals surface area contributed by atoms with Crippen LogP contribution in [0, 0.1) is 6.92 Å². The minimum Gasteiger partial charge on any atom is -0.507 e. The third-order valence-corrected chi connectivity index (χ3v) is 3.76. The lowest BCUT2D eigenvalue weighted by Crippen LogP contribution is -2.52. The van der Waals surface area contributed by atoms with Crippen LogP contribution in [-0.4, -0.2) is 16.6 Å². The third kappa shape index (κ3) is 2.28. The van der Waals surface area contributed by atoms with Gasteiger partial charge in [-0.15, -0.1) is 0 Å². The maximum atomic E-state index is 12.1. The molecule has 1 fully saturated rings. The lowest BCUT2D eigenvalue weighted by Gasteiger charge is -2.42. The van der Waals surface area contributed by atoms with Gasteiger partial charge in [-0.1, -0.05) is 13.0 Å². The average molecular weight is 233 g/mol. The predicted molar refractivity (Wildman–Crippen MR) is 67.2 cm³/mol. The van der Waals surface area contributed by atoms with Gasteiger partial charge < -0.3 is 10.4 Å². The lowest BCUT2D eigenvalue weighted by molar-refractivity contribution is 0.0818. The van der Waals surface area contributed by atoms with E-state index in [1.165, 1.54) is 6.42 Å². The summed E-state index contributed by atoms with van der Waals surface area (Å²) in [4.78, 5) is 12.1. The molecule has 0 aromatic heterocycles. The van der Waals surface area contributed by atoms with E-state index >= 15 is 0 Å². The Bertz CT molecular complexity index is 430. The van der Waals surface area contributed by atoms with E-state index in [0.29, 0.717) is 5.56 Å². The molecule has 2 N–H and O–H groups in total. The fourth-order valence-electron chi connectivity index (χ4n) is 2.31. The number of phenolic OH excluding ortho intramolecular Hbond substituents is 1. The van der Waals surface area contributed by atoms with Gasteiger partial charge in [0.25, 0.3) is 5.91 Å². The second-order valence-corrected chi connectivity index (χ2v) is 4.96. The Morgan fingerprint density at radius 3 is 2.65 bits per heavy atom. The van der Waals surface area contributed by atoms with Crippen LogP contribution in [0.1, 0.15) is 48.5 Å². The molecule has 0 saturated heterocycles. The van der Waals surface area contributed by atoms with E-state index in [-0.39, 0.29) is 17.2 Å². The quantitative estimate of drug-likeness (QED) is 0.843. The number of hydrogen-bond donors (Lipinski definition) is 2. The highest BCUT2D eigenvalue weighted by Gasteiger charge is 2.36. The number of carbonyl (C=O) groups excluding carboxylic acids is 1. The van der Waals surface area contributed by atoms with Crippen LogP contribution in [-0.2, 0) is 0 Å². The number of phenols is 1. The Hall–Kier alpha value is -1.51. The van der Waals surface area contributed by atoms with Gasteiger partial charge in [-0.2, -0.15) is 0 Å². The fraction of sp³-hybridized carbons (Fsp3) is 0.500. The van der Waals surface area contributed by atoms with Crippen molar-refractivity contribution in [2.75, 3.05) is 0 Å². The molecule has 0 bridgehead atoms. The summed E-state index contributed by atoms with van der Waals surface area (Å²) in [5.41, 5.74) is 1.29. The van der Waals surface area contributed by atoms with Crippen molar-refractivity contribution in [2.45, 2.75) is 45.1 Å². The zero-order valence-electron chi connectivity index (χ0n) is 10.4.